The monoisotopic (exact) mass is 515 g/mol. The van der Waals surface area contributed by atoms with Gasteiger partial charge in [0.2, 0.25) is 5.91 Å². The van der Waals surface area contributed by atoms with Gasteiger partial charge < -0.3 is 9.80 Å². The summed E-state index contributed by atoms with van der Waals surface area (Å²) in [6.07, 6.45) is 1.85. The number of carbonyl (C=O) groups excluding carboxylic acids is 2. The molecular formula is C31H34ClN3O2. The molecule has 3 aromatic rings. The minimum Gasteiger partial charge on any atom is -0.340 e. The summed E-state index contributed by atoms with van der Waals surface area (Å²) in [4.78, 5) is 34.3. The van der Waals surface area contributed by atoms with Crippen molar-refractivity contribution in [2.24, 2.45) is 0 Å². The Morgan fingerprint density at radius 1 is 0.919 bits per heavy atom. The molecule has 2 atom stereocenters. The standard InChI is InChI=1S/C31H34ClN3O2/c1-2-3-16-35-29(24-12-9-13-25(32)21-24)28(26-14-7-8-15-27(26)30(35)36)31(37)34-19-17-33(18-20-34)22-23-10-5-4-6-11-23/h4-15,21,28-29H,2-3,16-20,22H2,1H3/t28-,29-/m0/s1. The first-order chi connectivity index (χ1) is 18.1. The minimum absolute atomic E-state index is 0.00856. The van der Waals surface area contributed by atoms with Gasteiger partial charge in [-0.2, -0.15) is 0 Å². The van der Waals surface area contributed by atoms with Crippen LogP contribution in [0.4, 0.5) is 0 Å². The molecule has 192 valence electrons. The van der Waals surface area contributed by atoms with Gasteiger partial charge in [0.1, 0.15) is 0 Å². The number of nitrogens with zero attached hydrogens (tertiary/aromatic N) is 3. The maximum atomic E-state index is 14.3. The van der Waals surface area contributed by atoms with E-state index in [0.29, 0.717) is 30.2 Å². The Kier molecular flexibility index (Phi) is 7.92. The number of halogens is 1. The summed E-state index contributed by atoms with van der Waals surface area (Å²) in [5, 5.41) is 0.611. The largest absolute Gasteiger partial charge is 0.340 e. The smallest absolute Gasteiger partial charge is 0.254 e. The number of rotatable bonds is 7. The predicted molar refractivity (Wildman–Crippen MR) is 148 cm³/mol. The Morgan fingerprint density at radius 3 is 2.38 bits per heavy atom. The molecule has 0 N–H and O–H groups in total. The molecule has 0 unspecified atom stereocenters. The first-order valence-electron chi connectivity index (χ1n) is 13.3. The Balaban J connectivity index is 1.45. The number of hydrogen-bond acceptors (Lipinski definition) is 3. The predicted octanol–water partition coefficient (Wildman–Crippen LogP) is 5.77. The van der Waals surface area contributed by atoms with Gasteiger partial charge in [0.05, 0.1) is 12.0 Å². The molecule has 5 nitrogen and oxygen atoms in total. The van der Waals surface area contributed by atoms with Gasteiger partial charge in [-0.25, -0.2) is 0 Å². The molecular weight excluding hydrogens is 482 g/mol. The molecule has 0 spiro atoms. The molecule has 1 fully saturated rings. The SMILES string of the molecule is CCCCN1C(=O)c2ccccc2[C@H](C(=O)N2CCN(Cc3ccccc3)CC2)[C@@H]1c1cccc(Cl)c1. The third-order valence-electron chi connectivity index (χ3n) is 7.58. The molecule has 1 saturated heterocycles. The molecule has 3 aromatic carbocycles. The zero-order valence-corrected chi connectivity index (χ0v) is 22.1. The lowest BCUT2D eigenvalue weighted by Gasteiger charge is -2.44. The normalized spacial score (nSPS) is 20.1. The minimum atomic E-state index is -0.468. The molecule has 2 aliphatic heterocycles. The molecule has 0 bridgehead atoms. The number of hydrogen-bond donors (Lipinski definition) is 0. The third-order valence-corrected chi connectivity index (χ3v) is 7.82. The Bertz CT molecular complexity index is 1240. The molecule has 2 amide bonds. The number of benzene rings is 3. The van der Waals surface area contributed by atoms with E-state index in [-0.39, 0.29) is 17.9 Å². The molecule has 37 heavy (non-hydrogen) atoms. The third kappa shape index (κ3) is 5.43. The first kappa shape index (κ1) is 25.5. The number of unbranched alkanes of at least 4 members (excludes halogenated alkanes) is 1. The zero-order valence-electron chi connectivity index (χ0n) is 21.4. The van der Waals surface area contributed by atoms with Gasteiger partial charge in [-0.05, 0) is 41.3 Å². The van der Waals surface area contributed by atoms with Crippen LogP contribution in [0, 0.1) is 0 Å². The highest BCUT2D eigenvalue weighted by Gasteiger charge is 2.45. The van der Waals surface area contributed by atoms with E-state index in [1.54, 1.807) is 0 Å². The van der Waals surface area contributed by atoms with Crippen molar-refractivity contribution < 1.29 is 9.59 Å². The van der Waals surface area contributed by atoms with Crippen molar-refractivity contribution in [1.82, 2.24) is 14.7 Å². The van der Waals surface area contributed by atoms with Crippen LogP contribution in [0.25, 0.3) is 0 Å². The van der Waals surface area contributed by atoms with Crippen LogP contribution in [0.3, 0.4) is 0 Å². The average molecular weight is 516 g/mol. The second-order valence-electron chi connectivity index (χ2n) is 10.0. The fourth-order valence-electron chi connectivity index (χ4n) is 5.66. The number of piperazine rings is 1. The van der Waals surface area contributed by atoms with E-state index in [4.69, 9.17) is 11.6 Å². The summed E-state index contributed by atoms with van der Waals surface area (Å²) in [6, 6.07) is 25.4. The fourth-order valence-corrected chi connectivity index (χ4v) is 5.86. The molecule has 2 aliphatic rings. The molecule has 5 rings (SSSR count). The molecule has 0 saturated carbocycles. The Morgan fingerprint density at radius 2 is 1.65 bits per heavy atom. The van der Waals surface area contributed by atoms with Crippen molar-refractivity contribution in [3.8, 4) is 0 Å². The van der Waals surface area contributed by atoms with Crippen molar-refractivity contribution in [3.05, 3.63) is 106 Å². The highest BCUT2D eigenvalue weighted by atomic mass is 35.5. The van der Waals surface area contributed by atoms with Crippen molar-refractivity contribution in [3.63, 3.8) is 0 Å². The lowest BCUT2D eigenvalue weighted by atomic mass is 9.78. The molecule has 0 radical (unpaired) electrons. The zero-order chi connectivity index (χ0) is 25.8. The molecule has 2 heterocycles. The van der Waals surface area contributed by atoms with E-state index >= 15 is 0 Å². The summed E-state index contributed by atoms with van der Waals surface area (Å²) in [5.41, 5.74) is 3.65. The van der Waals surface area contributed by atoms with Gasteiger partial charge in [0.25, 0.3) is 5.91 Å². The lowest BCUT2D eigenvalue weighted by Crippen LogP contribution is -2.53. The number of carbonyl (C=O) groups is 2. The van der Waals surface area contributed by atoms with E-state index in [9.17, 15) is 9.59 Å². The second-order valence-corrected chi connectivity index (χ2v) is 10.4. The van der Waals surface area contributed by atoms with Gasteiger partial charge in [-0.15, -0.1) is 0 Å². The van der Waals surface area contributed by atoms with Gasteiger partial charge >= 0.3 is 0 Å². The van der Waals surface area contributed by atoms with E-state index in [2.05, 4.69) is 36.1 Å². The van der Waals surface area contributed by atoms with Crippen LogP contribution >= 0.6 is 11.6 Å². The van der Waals surface area contributed by atoms with Crippen LogP contribution in [0.5, 0.6) is 0 Å². The highest BCUT2D eigenvalue weighted by Crippen LogP contribution is 2.44. The van der Waals surface area contributed by atoms with Crippen LogP contribution in [-0.2, 0) is 11.3 Å². The first-order valence-corrected chi connectivity index (χ1v) is 13.6. The van der Waals surface area contributed by atoms with E-state index in [1.807, 2.05) is 64.4 Å². The van der Waals surface area contributed by atoms with Crippen molar-refractivity contribution >= 4 is 23.4 Å². The second kappa shape index (κ2) is 11.5. The van der Waals surface area contributed by atoms with Crippen LogP contribution in [-0.4, -0.2) is 59.2 Å². The van der Waals surface area contributed by atoms with Gasteiger partial charge in [0, 0.05) is 49.9 Å². The maximum absolute atomic E-state index is 14.3. The lowest BCUT2D eigenvalue weighted by molar-refractivity contribution is -0.136. The average Bonchev–Trinajstić information content (AvgIpc) is 2.93. The van der Waals surface area contributed by atoms with Crippen molar-refractivity contribution in [2.45, 2.75) is 38.3 Å². The Hall–Kier alpha value is -3.15. The van der Waals surface area contributed by atoms with Crippen LogP contribution in [0.15, 0.2) is 78.9 Å². The summed E-state index contributed by atoms with van der Waals surface area (Å²) >= 11 is 6.41. The van der Waals surface area contributed by atoms with Gasteiger partial charge in [0.15, 0.2) is 0 Å². The van der Waals surface area contributed by atoms with E-state index < -0.39 is 5.92 Å². The van der Waals surface area contributed by atoms with Crippen LogP contribution in [0.1, 0.15) is 58.8 Å². The van der Waals surface area contributed by atoms with Gasteiger partial charge in [-0.3, -0.25) is 14.5 Å². The van der Waals surface area contributed by atoms with Crippen molar-refractivity contribution in [2.75, 3.05) is 32.7 Å². The molecule has 6 heteroatoms. The topological polar surface area (TPSA) is 43.9 Å². The van der Waals surface area contributed by atoms with Crippen LogP contribution < -0.4 is 0 Å². The summed E-state index contributed by atoms with van der Waals surface area (Å²) < 4.78 is 0. The van der Waals surface area contributed by atoms with E-state index in [0.717, 1.165) is 43.6 Å². The molecule has 0 aliphatic carbocycles. The maximum Gasteiger partial charge on any atom is 0.254 e. The number of fused-ring (bicyclic) bond motifs is 1. The highest BCUT2D eigenvalue weighted by molar-refractivity contribution is 6.30. The summed E-state index contributed by atoms with van der Waals surface area (Å²) in [5.74, 6) is -0.388. The van der Waals surface area contributed by atoms with E-state index in [1.165, 1.54) is 5.56 Å². The number of amides is 2. The summed E-state index contributed by atoms with van der Waals surface area (Å²) in [6.45, 7) is 6.62. The van der Waals surface area contributed by atoms with Crippen molar-refractivity contribution in [1.29, 1.82) is 0 Å². The quantitative estimate of drug-likeness (QED) is 0.401. The fraction of sp³-hybridized carbons (Fsp3) is 0.355. The van der Waals surface area contributed by atoms with Crippen LogP contribution in [0.2, 0.25) is 5.02 Å². The summed E-state index contributed by atoms with van der Waals surface area (Å²) in [7, 11) is 0. The van der Waals surface area contributed by atoms with Gasteiger partial charge in [-0.1, -0.05) is 85.6 Å². The Labute approximate surface area is 224 Å². The molecule has 0 aromatic heterocycles.